The second-order valence-electron chi connectivity index (χ2n) is 7.53. The molecule has 0 aliphatic heterocycles. The maximum absolute atomic E-state index is 12.4. The van der Waals surface area contributed by atoms with E-state index in [4.69, 9.17) is 9.26 Å². The van der Waals surface area contributed by atoms with Gasteiger partial charge in [0.2, 0.25) is 11.7 Å². The quantitative estimate of drug-likeness (QED) is 0.391. The molecule has 0 atom stereocenters. The van der Waals surface area contributed by atoms with Crippen LogP contribution >= 0.6 is 11.3 Å². The summed E-state index contributed by atoms with van der Waals surface area (Å²) < 4.78 is 12.0. The van der Waals surface area contributed by atoms with Gasteiger partial charge >= 0.3 is 5.97 Å². The third kappa shape index (κ3) is 5.35. The van der Waals surface area contributed by atoms with Crippen molar-refractivity contribution in [3.63, 3.8) is 0 Å². The lowest BCUT2D eigenvalue weighted by Gasteiger charge is -2.08. The molecule has 170 valence electrons. The monoisotopic (exact) mass is 465 g/mol. The number of nitrogens with one attached hydrogen (secondary N) is 1. The summed E-state index contributed by atoms with van der Waals surface area (Å²) in [4.78, 5) is 28.7. The summed E-state index contributed by atoms with van der Waals surface area (Å²) in [5, 5.41) is 15.0. The normalized spacial score (nSPS) is 10.9. The molecule has 10 heteroatoms. The molecule has 4 aromatic rings. The van der Waals surface area contributed by atoms with Gasteiger partial charge in [0.1, 0.15) is 0 Å². The Kier molecular flexibility index (Phi) is 6.64. The lowest BCUT2D eigenvalue weighted by atomic mass is 10.2. The molecular weight excluding hydrogens is 442 g/mol. The summed E-state index contributed by atoms with van der Waals surface area (Å²) in [5.41, 5.74) is 4.97. The number of hydrogen-bond acceptors (Lipinski definition) is 8. The number of aryl methyl sites for hydroxylation is 3. The Labute approximate surface area is 194 Å². The van der Waals surface area contributed by atoms with E-state index in [1.807, 2.05) is 61.9 Å². The van der Waals surface area contributed by atoms with Gasteiger partial charge in [-0.05, 0) is 44.4 Å². The van der Waals surface area contributed by atoms with Crippen molar-refractivity contribution in [3.8, 4) is 17.1 Å². The van der Waals surface area contributed by atoms with Gasteiger partial charge in [-0.15, -0.1) is 0 Å². The Morgan fingerprint density at radius 2 is 1.94 bits per heavy atom. The number of carbonyl (C=O) groups excluding carboxylic acids is 2. The highest BCUT2D eigenvalue weighted by atomic mass is 32.1. The van der Waals surface area contributed by atoms with Gasteiger partial charge in [0.15, 0.2) is 6.61 Å². The molecule has 1 N–H and O–H groups in total. The van der Waals surface area contributed by atoms with Crippen LogP contribution in [0.1, 0.15) is 29.3 Å². The van der Waals surface area contributed by atoms with Crippen LogP contribution in [-0.2, 0) is 20.7 Å². The average Bonchev–Trinajstić information content (AvgIpc) is 3.54. The second kappa shape index (κ2) is 9.78. The van der Waals surface area contributed by atoms with Crippen molar-refractivity contribution in [2.75, 3.05) is 11.9 Å². The number of hydrogen-bond donors (Lipinski definition) is 1. The zero-order valence-electron chi connectivity index (χ0n) is 18.5. The van der Waals surface area contributed by atoms with E-state index in [0.29, 0.717) is 23.1 Å². The first kappa shape index (κ1) is 22.4. The number of carbonyl (C=O) groups is 2. The van der Waals surface area contributed by atoms with Gasteiger partial charge < -0.3 is 14.6 Å². The van der Waals surface area contributed by atoms with Crippen LogP contribution in [0.5, 0.6) is 0 Å². The number of amides is 1. The predicted octanol–water partition coefficient (Wildman–Crippen LogP) is 4.02. The number of aromatic nitrogens is 4. The summed E-state index contributed by atoms with van der Waals surface area (Å²) in [5.74, 6) is -0.136. The summed E-state index contributed by atoms with van der Waals surface area (Å²) in [6, 6.07) is 9.82. The van der Waals surface area contributed by atoms with Crippen molar-refractivity contribution < 1.29 is 18.8 Å². The van der Waals surface area contributed by atoms with E-state index in [0.717, 1.165) is 22.5 Å². The number of rotatable bonds is 8. The first-order valence-electron chi connectivity index (χ1n) is 10.3. The highest BCUT2D eigenvalue weighted by molar-refractivity contribution is 7.08. The molecule has 1 amide bonds. The molecule has 0 fully saturated rings. The average molecular weight is 466 g/mol. The zero-order valence-corrected chi connectivity index (χ0v) is 19.3. The van der Waals surface area contributed by atoms with Crippen LogP contribution in [0.4, 0.5) is 5.69 Å². The lowest BCUT2D eigenvalue weighted by Crippen LogP contribution is -2.21. The van der Waals surface area contributed by atoms with Crippen LogP contribution in [0, 0.1) is 20.8 Å². The molecular formula is C23H23N5O4S. The SMILES string of the molecule is Cc1ccc(-n2nc(C)c(NC(=O)COC(=O)CCc3nc(-c4ccsc4)no3)c2C)cc1. The van der Waals surface area contributed by atoms with Crippen LogP contribution < -0.4 is 5.32 Å². The molecule has 0 unspecified atom stereocenters. The summed E-state index contributed by atoms with van der Waals surface area (Å²) in [6.07, 6.45) is 0.265. The molecule has 9 nitrogen and oxygen atoms in total. The minimum atomic E-state index is -0.524. The molecule has 4 rings (SSSR count). The Hall–Kier alpha value is -3.79. The molecule has 1 aromatic carbocycles. The Bertz CT molecular complexity index is 1260. The first-order chi connectivity index (χ1) is 15.9. The van der Waals surface area contributed by atoms with E-state index in [1.165, 1.54) is 11.3 Å². The number of thiophene rings is 1. The van der Waals surface area contributed by atoms with E-state index in [9.17, 15) is 9.59 Å². The molecule has 0 bridgehead atoms. The standard InChI is InChI=1S/C23H23N5O4S/c1-14-4-6-18(7-5-14)28-16(3)22(15(2)26-28)24-19(29)12-31-21(30)9-8-20-25-23(27-32-20)17-10-11-33-13-17/h4-7,10-11,13H,8-9,12H2,1-3H3,(H,24,29). The highest BCUT2D eigenvalue weighted by Crippen LogP contribution is 2.23. The van der Waals surface area contributed by atoms with E-state index in [1.54, 1.807) is 4.68 Å². The summed E-state index contributed by atoms with van der Waals surface area (Å²) in [6.45, 7) is 5.31. The highest BCUT2D eigenvalue weighted by Gasteiger charge is 2.17. The Morgan fingerprint density at radius 3 is 2.67 bits per heavy atom. The predicted molar refractivity (Wildman–Crippen MR) is 123 cm³/mol. The molecule has 0 saturated heterocycles. The molecule has 0 spiro atoms. The molecule has 3 heterocycles. The Balaban J connectivity index is 1.28. The topological polar surface area (TPSA) is 112 Å². The van der Waals surface area contributed by atoms with E-state index >= 15 is 0 Å². The number of benzene rings is 1. The molecule has 0 aliphatic carbocycles. The van der Waals surface area contributed by atoms with Crippen LogP contribution in [0.2, 0.25) is 0 Å². The Morgan fingerprint density at radius 1 is 1.15 bits per heavy atom. The van der Waals surface area contributed by atoms with Crippen molar-refractivity contribution in [3.05, 3.63) is 63.9 Å². The van der Waals surface area contributed by atoms with Crippen molar-refractivity contribution in [1.82, 2.24) is 19.9 Å². The molecule has 0 saturated carbocycles. The van der Waals surface area contributed by atoms with Crippen molar-refractivity contribution >= 4 is 28.9 Å². The summed E-state index contributed by atoms with van der Waals surface area (Å²) >= 11 is 1.54. The van der Waals surface area contributed by atoms with Crippen molar-refractivity contribution in [2.24, 2.45) is 0 Å². The van der Waals surface area contributed by atoms with Gasteiger partial charge in [0.05, 0.1) is 29.2 Å². The fourth-order valence-corrected chi connectivity index (χ4v) is 3.86. The van der Waals surface area contributed by atoms with Crippen LogP contribution in [0.25, 0.3) is 17.1 Å². The van der Waals surface area contributed by atoms with Gasteiger partial charge in [-0.3, -0.25) is 9.59 Å². The fraction of sp³-hybridized carbons (Fsp3) is 0.261. The second-order valence-corrected chi connectivity index (χ2v) is 8.31. The number of nitrogens with zero attached hydrogens (tertiary/aromatic N) is 4. The minimum Gasteiger partial charge on any atom is -0.456 e. The van der Waals surface area contributed by atoms with Gasteiger partial charge in [-0.2, -0.15) is 21.4 Å². The van der Waals surface area contributed by atoms with Crippen LogP contribution in [0.15, 0.2) is 45.6 Å². The maximum atomic E-state index is 12.4. The van der Waals surface area contributed by atoms with Crippen LogP contribution in [0.3, 0.4) is 0 Å². The summed E-state index contributed by atoms with van der Waals surface area (Å²) in [7, 11) is 0. The van der Waals surface area contributed by atoms with Crippen LogP contribution in [-0.4, -0.2) is 38.4 Å². The third-order valence-electron chi connectivity index (χ3n) is 4.99. The lowest BCUT2D eigenvalue weighted by molar-refractivity contribution is -0.147. The largest absolute Gasteiger partial charge is 0.456 e. The van der Waals surface area contributed by atoms with Crippen molar-refractivity contribution in [2.45, 2.75) is 33.6 Å². The van der Waals surface area contributed by atoms with Gasteiger partial charge in [0.25, 0.3) is 5.91 Å². The van der Waals surface area contributed by atoms with Gasteiger partial charge in [0, 0.05) is 17.4 Å². The number of anilines is 1. The van der Waals surface area contributed by atoms with Gasteiger partial charge in [-0.1, -0.05) is 22.9 Å². The third-order valence-corrected chi connectivity index (χ3v) is 5.67. The first-order valence-corrected chi connectivity index (χ1v) is 11.3. The number of ether oxygens (including phenoxy) is 1. The van der Waals surface area contributed by atoms with Crippen molar-refractivity contribution in [1.29, 1.82) is 0 Å². The molecule has 0 aliphatic rings. The molecule has 0 radical (unpaired) electrons. The van der Waals surface area contributed by atoms with Gasteiger partial charge in [-0.25, -0.2) is 4.68 Å². The van der Waals surface area contributed by atoms with E-state index < -0.39 is 18.5 Å². The fourth-order valence-electron chi connectivity index (χ4n) is 3.23. The smallest absolute Gasteiger partial charge is 0.306 e. The maximum Gasteiger partial charge on any atom is 0.306 e. The molecule has 33 heavy (non-hydrogen) atoms. The number of esters is 1. The van der Waals surface area contributed by atoms with E-state index in [2.05, 4.69) is 20.6 Å². The zero-order chi connectivity index (χ0) is 23.4. The molecule has 3 aromatic heterocycles. The van der Waals surface area contributed by atoms with E-state index in [-0.39, 0.29) is 12.8 Å². The minimum absolute atomic E-state index is 0.0297.